The van der Waals surface area contributed by atoms with Crippen molar-refractivity contribution in [2.45, 2.75) is 60.9 Å². The summed E-state index contributed by atoms with van der Waals surface area (Å²) in [6.45, 7) is 13.3. The van der Waals surface area contributed by atoms with Gasteiger partial charge in [0.2, 0.25) is 5.91 Å². The van der Waals surface area contributed by atoms with Crippen LogP contribution in [0.4, 0.5) is 15.8 Å². The van der Waals surface area contributed by atoms with Crippen molar-refractivity contribution in [2.24, 2.45) is 5.41 Å². The molecule has 2 aromatic rings. The molecule has 0 saturated carbocycles. The number of fused-ring (bicyclic) bond motifs is 1. The van der Waals surface area contributed by atoms with Gasteiger partial charge in [-0.25, -0.2) is 4.39 Å². The number of carbonyl (C=O) groups excluding carboxylic acids is 1. The highest BCUT2D eigenvalue weighted by Crippen LogP contribution is 2.34. The number of anilines is 2. The lowest BCUT2D eigenvalue weighted by molar-refractivity contribution is -0.117. The number of aryl methyl sites for hydroxylation is 2. The molecule has 0 radical (unpaired) electrons. The number of carbonyl (C=O) groups is 1. The van der Waals surface area contributed by atoms with E-state index >= 15 is 4.39 Å². The van der Waals surface area contributed by atoms with Crippen molar-refractivity contribution < 1.29 is 9.18 Å². The van der Waals surface area contributed by atoms with Gasteiger partial charge < -0.3 is 10.2 Å². The SMILES string of the molecule is Cc1ccc2c(c1)CCN(c1cc(C)c(NC(=O)CC(C)(C)C)c(C)c1F)C2. The fraction of sp³-hybridized carbons (Fsp3) is 0.458. The fourth-order valence-electron chi connectivity index (χ4n) is 3.91. The molecule has 150 valence electrons. The number of amides is 1. The van der Waals surface area contributed by atoms with E-state index in [1.807, 2.05) is 33.8 Å². The summed E-state index contributed by atoms with van der Waals surface area (Å²) < 4.78 is 15.3. The lowest BCUT2D eigenvalue weighted by atomic mass is 9.91. The molecular weight excluding hydrogens is 351 g/mol. The van der Waals surface area contributed by atoms with Crippen molar-refractivity contribution in [3.8, 4) is 0 Å². The van der Waals surface area contributed by atoms with Crippen LogP contribution in [-0.4, -0.2) is 12.5 Å². The Morgan fingerprint density at radius 2 is 1.86 bits per heavy atom. The van der Waals surface area contributed by atoms with Crippen molar-refractivity contribution in [3.05, 3.63) is 57.9 Å². The van der Waals surface area contributed by atoms with E-state index in [-0.39, 0.29) is 17.1 Å². The number of benzene rings is 2. The van der Waals surface area contributed by atoms with Gasteiger partial charge >= 0.3 is 0 Å². The molecule has 28 heavy (non-hydrogen) atoms. The largest absolute Gasteiger partial charge is 0.364 e. The minimum absolute atomic E-state index is 0.0758. The first-order valence-corrected chi connectivity index (χ1v) is 9.98. The van der Waals surface area contributed by atoms with Crippen LogP contribution in [0, 0.1) is 32.0 Å². The minimum atomic E-state index is -0.243. The van der Waals surface area contributed by atoms with Crippen LogP contribution in [0.1, 0.15) is 55.0 Å². The predicted octanol–water partition coefficient (Wildman–Crippen LogP) is 5.69. The van der Waals surface area contributed by atoms with Gasteiger partial charge in [-0.05, 0) is 55.4 Å². The lowest BCUT2D eigenvalue weighted by Gasteiger charge is -2.32. The zero-order valence-electron chi connectivity index (χ0n) is 17.9. The highest BCUT2D eigenvalue weighted by Gasteiger charge is 2.23. The fourth-order valence-corrected chi connectivity index (χ4v) is 3.91. The predicted molar refractivity (Wildman–Crippen MR) is 115 cm³/mol. The van der Waals surface area contributed by atoms with Crippen LogP contribution in [0.2, 0.25) is 0 Å². The second kappa shape index (κ2) is 7.57. The van der Waals surface area contributed by atoms with Crippen molar-refractivity contribution in [2.75, 3.05) is 16.8 Å². The van der Waals surface area contributed by atoms with E-state index < -0.39 is 0 Å². The number of rotatable bonds is 3. The molecule has 0 aromatic heterocycles. The lowest BCUT2D eigenvalue weighted by Crippen LogP contribution is -2.31. The Kier molecular flexibility index (Phi) is 5.51. The molecule has 1 amide bonds. The van der Waals surface area contributed by atoms with E-state index in [1.54, 1.807) is 6.92 Å². The normalized spacial score (nSPS) is 14.0. The third-order valence-corrected chi connectivity index (χ3v) is 5.35. The minimum Gasteiger partial charge on any atom is -0.364 e. The summed E-state index contributed by atoms with van der Waals surface area (Å²) in [5.41, 5.74) is 6.39. The molecule has 2 aromatic carbocycles. The zero-order valence-corrected chi connectivity index (χ0v) is 17.9. The van der Waals surface area contributed by atoms with Gasteiger partial charge in [-0.15, -0.1) is 0 Å². The number of nitrogens with zero attached hydrogens (tertiary/aromatic N) is 1. The van der Waals surface area contributed by atoms with Gasteiger partial charge in [-0.2, -0.15) is 0 Å². The molecule has 1 aliphatic rings. The summed E-state index contributed by atoms with van der Waals surface area (Å²) in [5.74, 6) is -0.319. The first-order valence-electron chi connectivity index (χ1n) is 9.98. The summed E-state index contributed by atoms with van der Waals surface area (Å²) in [5, 5.41) is 2.93. The molecule has 0 unspecified atom stereocenters. The Labute approximate surface area is 167 Å². The maximum Gasteiger partial charge on any atom is 0.224 e. The van der Waals surface area contributed by atoms with E-state index in [9.17, 15) is 4.79 Å². The maximum absolute atomic E-state index is 15.3. The average molecular weight is 383 g/mol. The van der Waals surface area contributed by atoms with Gasteiger partial charge in [0.15, 0.2) is 5.82 Å². The van der Waals surface area contributed by atoms with Gasteiger partial charge in [0, 0.05) is 30.8 Å². The van der Waals surface area contributed by atoms with Gasteiger partial charge in [0.05, 0.1) is 5.69 Å². The molecule has 0 saturated heterocycles. The summed E-state index contributed by atoms with van der Waals surface area (Å²) in [4.78, 5) is 14.5. The average Bonchev–Trinajstić information content (AvgIpc) is 2.60. The first-order chi connectivity index (χ1) is 13.0. The Morgan fingerprint density at radius 1 is 1.14 bits per heavy atom. The van der Waals surface area contributed by atoms with Gasteiger partial charge in [-0.1, -0.05) is 44.5 Å². The molecule has 1 N–H and O–H groups in total. The highest BCUT2D eigenvalue weighted by atomic mass is 19.1. The Bertz CT molecular complexity index is 912. The third-order valence-electron chi connectivity index (χ3n) is 5.35. The van der Waals surface area contributed by atoms with E-state index in [2.05, 4.69) is 35.3 Å². The monoisotopic (exact) mass is 382 g/mol. The zero-order chi connectivity index (χ0) is 20.6. The van der Waals surface area contributed by atoms with Gasteiger partial charge in [-0.3, -0.25) is 4.79 Å². The van der Waals surface area contributed by atoms with Gasteiger partial charge in [0.25, 0.3) is 0 Å². The molecule has 0 spiro atoms. The van der Waals surface area contributed by atoms with Crippen LogP contribution in [-0.2, 0) is 17.8 Å². The summed E-state index contributed by atoms with van der Waals surface area (Å²) in [6.07, 6.45) is 1.32. The van der Waals surface area contributed by atoms with Crippen molar-refractivity contribution in [3.63, 3.8) is 0 Å². The summed E-state index contributed by atoms with van der Waals surface area (Å²) in [6, 6.07) is 8.36. The Hall–Kier alpha value is -2.36. The van der Waals surface area contributed by atoms with Crippen molar-refractivity contribution >= 4 is 17.3 Å². The second-order valence-electron chi connectivity index (χ2n) is 9.26. The van der Waals surface area contributed by atoms with Crippen LogP contribution < -0.4 is 10.2 Å². The van der Waals surface area contributed by atoms with Crippen molar-refractivity contribution in [1.82, 2.24) is 0 Å². The molecule has 0 aliphatic carbocycles. The van der Waals surface area contributed by atoms with Gasteiger partial charge in [0.1, 0.15) is 0 Å². The van der Waals surface area contributed by atoms with E-state index in [0.29, 0.717) is 29.9 Å². The number of hydrogen-bond donors (Lipinski definition) is 1. The Morgan fingerprint density at radius 3 is 2.54 bits per heavy atom. The van der Waals surface area contributed by atoms with Crippen LogP contribution in [0.15, 0.2) is 24.3 Å². The molecular formula is C24H31FN2O. The third kappa shape index (κ3) is 4.37. The van der Waals surface area contributed by atoms with E-state index in [1.165, 1.54) is 16.7 Å². The van der Waals surface area contributed by atoms with E-state index in [4.69, 9.17) is 0 Å². The second-order valence-corrected chi connectivity index (χ2v) is 9.26. The molecule has 0 fully saturated rings. The summed E-state index contributed by atoms with van der Waals surface area (Å²) in [7, 11) is 0. The number of hydrogen-bond acceptors (Lipinski definition) is 2. The molecule has 0 bridgehead atoms. The molecule has 3 rings (SSSR count). The topological polar surface area (TPSA) is 32.3 Å². The number of halogens is 1. The van der Waals surface area contributed by atoms with Crippen LogP contribution in [0.25, 0.3) is 0 Å². The standard InChI is InChI=1S/C24H31FN2O/c1-15-7-8-19-14-27(10-9-18(19)11-15)20-12-16(2)23(17(3)22(20)25)26-21(28)13-24(4,5)6/h7-8,11-12H,9-10,13-14H2,1-6H3,(H,26,28). The highest BCUT2D eigenvalue weighted by molar-refractivity contribution is 5.93. The quantitative estimate of drug-likeness (QED) is 0.740. The maximum atomic E-state index is 15.3. The van der Waals surface area contributed by atoms with Crippen molar-refractivity contribution in [1.29, 1.82) is 0 Å². The summed E-state index contributed by atoms with van der Waals surface area (Å²) >= 11 is 0. The molecule has 4 heteroatoms. The van der Waals surface area contributed by atoms with Crippen LogP contribution in [0.5, 0.6) is 0 Å². The number of nitrogens with one attached hydrogen (secondary N) is 1. The molecule has 1 heterocycles. The molecule has 1 aliphatic heterocycles. The molecule has 0 atom stereocenters. The smallest absolute Gasteiger partial charge is 0.224 e. The van der Waals surface area contributed by atoms with E-state index in [0.717, 1.165) is 18.5 Å². The Balaban J connectivity index is 1.86. The van der Waals surface area contributed by atoms with Crippen LogP contribution >= 0.6 is 0 Å². The molecule has 3 nitrogen and oxygen atoms in total. The first kappa shape index (κ1) is 20.4. The van der Waals surface area contributed by atoms with Crippen LogP contribution in [0.3, 0.4) is 0 Å².